The van der Waals surface area contributed by atoms with Crippen molar-refractivity contribution in [1.29, 1.82) is 0 Å². The third kappa shape index (κ3) is 3.10. The Hall–Kier alpha value is -1.90. The van der Waals surface area contributed by atoms with Gasteiger partial charge in [0.25, 0.3) is 0 Å². The summed E-state index contributed by atoms with van der Waals surface area (Å²) < 4.78 is 53.1. The Morgan fingerprint density at radius 3 is 2.57 bits per heavy atom. The Balaban J connectivity index is 1.88. The first-order valence-electron chi connectivity index (χ1n) is 6.64. The number of thiazole rings is 1. The van der Waals surface area contributed by atoms with E-state index in [2.05, 4.69) is 4.98 Å². The highest BCUT2D eigenvalue weighted by Gasteiger charge is 2.23. The molecule has 3 aromatic rings. The van der Waals surface area contributed by atoms with Crippen molar-refractivity contribution >= 4 is 31.6 Å². The highest BCUT2D eigenvalue weighted by Crippen LogP contribution is 2.24. The van der Waals surface area contributed by atoms with Gasteiger partial charge in [-0.25, -0.2) is 22.2 Å². The van der Waals surface area contributed by atoms with Crippen molar-refractivity contribution in [3.63, 3.8) is 0 Å². The summed E-state index contributed by atoms with van der Waals surface area (Å²) in [6.45, 7) is 0.0562. The second-order valence-electron chi connectivity index (χ2n) is 4.91. The number of hydrogen-bond acceptors (Lipinski definition) is 4. The standard InChI is InChI=1S/C15H12F2N2O2S2/c1-19(9-15-18-13-4-2-3-5-14(13)22-15)23(20,21)10-6-7-11(16)12(17)8-10/h2-8H,9H2,1H3. The third-order valence-corrected chi connectivity index (χ3v) is 6.12. The first-order chi connectivity index (χ1) is 10.9. The molecule has 0 aliphatic carbocycles. The number of rotatable bonds is 4. The monoisotopic (exact) mass is 354 g/mol. The van der Waals surface area contributed by atoms with Crippen LogP contribution in [-0.4, -0.2) is 24.8 Å². The van der Waals surface area contributed by atoms with Crippen molar-refractivity contribution in [1.82, 2.24) is 9.29 Å². The minimum Gasteiger partial charge on any atom is -0.240 e. The lowest BCUT2D eigenvalue weighted by Gasteiger charge is -2.15. The molecular weight excluding hydrogens is 342 g/mol. The average Bonchev–Trinajstić information content (AvgIpc) is 2.92. The lowest BCUT2D eigenvalue weighted by molar-refractivity contribution is 0.463. The van der Waals surface area contributed by atoms with Gasteiger partial charge in [-0.1, -0.05) is 12.1 Å². The zero-order chi connectivity index (χ0) is 16.6. The quantitative estimate of drug-likeness (QED) is 0.722. The van der Waals surface area contributed by atoms with Crippen LogP contribution in [0.5, 0.6) is 0 Å². The van der Waals surface area contributed by atoms with E-state index < -0.39 is 21.7 Å². The largest absolute Gasteiger partial charge is 0.243 e. The van der Waals surface area contributed by atoms with Crippen LogP contribution in [0.1, 0.15) is 5.01 Å². The van der Waals surface area contributed by atoms with E-state index in [1.54, 1.807) is 0 Å². The molecule has 0 atom stereocenters. The molecule has 1 aromatic heterocycles. The summed E-state index contributed by atoms with van der Waals surface area (Å²) in [5.41, 5.74) is 0.797. The van der Waals surface area contributed by atoms with E-state index in [1.165, 1.54) is 18.4 Å². The topological polar surface area (TPSA) is 50.3 Å². The second-order valence-corrected chi connectivity index (χ2v) is 8.07. The van der Waals surface area contributed by atoms with E-state index in [0.29, 0.717) is 11.1 Å². The van der Waals surface area contributed by atoms with Crippen LogP contribution in [0, 0.1) is 11.6 Å². The number of hydrogen-bond donors (Lipinski definition) is 0. The summed E-state index contributed by atoms with van der Waals surface area (Å²) in [4.78, 5) is 4.08. The fourth-order valence-electron chi connectivity index (χ4n) is 2.08. The Morgan fingerprint density at radius 2 is 1.87 bits per heavy atom. The Morgan fingerprint density at radius 1 is 1.13 bits per heavy atom. The third-order valence-electron chi connectivity index (χ3n) is 3.30. The van der Waals surface area contributed by atoms with Crippen molar-refractivity contribution in [3.05, 3.63) is 59.1 Å². The summed E-state index contributed by atoms with van der Waals surface area (Å²) in [5.74, 6) is -2.28. The van der Waals surface area contributed by atoms with Crippen molar-refractivity contribution in [3.8, 4) is 0 Å². The van der Waals surface area contributed by atoms with Crippen LogP contribution in [0.3, 0.4) is 0 Å². The smallest absolute Gasteiger partial charge is 0.240 e. The minimum atomic E-state index is -3.92. The zero-order valence-corrected chi connectivity index (χ0v) is 13.7. The molecule has 23 heavy (non-hydrogen) atoms. The Kier molecular flexibility index (Phi) is 4.13. The molecule has 0 fully saturated rings. The molecular formula is C15H12F2N2O2S2. The number of nitrogens with zero attached hydrogens (tertiary/aromatic N) is 2. The predicted molar refractivity (Wildman–Crippen MR) is 84.6 cm³/mol. The molecule has 0 bridgehead atoms. The normalized spacial score (nSPS) is 12.2. The van der Waals surface area contributed by atoms with Gasteiger partial charge in [0.05, 0.1) is 21.7 Å². The highest BCUT2D eigenvalue weighted by molar-refractivity contribution is 7.89. The van der Waals surface area contributed by atoms with Gasteiger partial charge in [0.1, 0.15) is 5.01 Å². The molecule has 0 aliphatic rings. The zero-order valence-electron chi connectivity index (χ0n) is 12.0. The fraction of sp³-hybridized carbons (Fsp3) is 0.133. The number of halogens is 2. The molecule has 0 unspecified atom stereocenters. The van der Waals surface area contributed by atoms with Crippen LogP contribution in [-0.2, 0) is 16.6 Å². The van der Waals surface area contributed by atoms with Gasteiger partial charge in [-0.15, -0.1) is 11.3 Å². The van der Waals surface area contributed by atoms with Gasteiger partial charge >= 0.3 is 0 Å². The molecule has 4 nitrogen and oxygen atoms in total. The summed E-state index contributed by atoms with van der Waals surface area (Å²) in [7, 11) is -2.54. The Labute approximate surface area is 136 Å². The molecule has 0 amide bonds. The van der Waals surface area contributed by atoms with E-state index >= 15 is 0 Å². The summed E-state index contributed by atoms with van der Waals surface area (Å²) >= 11 is 1.39. The molecule has 3 rings (SSSR count). The molecule has 8 heteroatoms. The molecule has 0 aliphatic heterocycles. The lowest BCUT2D eigenvalue weighted by Crippen LogP contribution is -2.26. The molecule has 0 saturated heterocycles. The lowest BCUT2D eigenvalue weighted by atomic mass is 10.3. The minimum absolute atomic E-state index is 0.0562. The summed E-state index contributed by atoms with van der Waals surface area (Å²) in [6, 6.07) is 10.0. The van der Waals surface area contributed by atoms with Crippen molar-refractivity contribution in [2.45, 2.75) is 11.4 Å². The van der Waals surface area contributed by atoms with E-state index in [4.69, 9.17) is 0 Å². The van der Waals surface area contributed by atoms with Gasteiger partial charge in [0.15, 0.2) is 11.6 Å². The van der Waals surface area contributed by atoms with Crippen molar-refractivity contribution in [2.75, 3.05) is 7.05 Å². The number of benzene rings is 2. The number of sulfonamides is 1. The van der Waals surface area contributed by atoms with E-state index in [9.17, 15) is 17.2 Å². The highest BCUT2D eigenvalue weighted by atomic mass is 32.2. The maximum absolute atomic E-state index is 13.3. The van der Waals surface area contributed by atoms with Crippen LogP contribution in [0.25, 0.3) is 10.2 Å². The maximum atomic E-state index is 13.3. The Bertz CT molecular complexity index is 938. The molecule has 120 valence electrons. The van der Waals surface area contributed by atoms with Gasteiger partial charge in [-0.3, -0.25) is 0 Å². The van der Waals surface area contributed by atoms with Crippen molar-refractivity contribution in [2.24, 2.45) is 0 Å². The maximum Gasteiger partial charge on any atom is 0.243 e. The van der Waals surface area contributed by atoms with E-state index in [1.807, 2.05) is 24.3 Å². The number of aromatic nitrogens is 1. The molecule has 0 saturated carbocycles. The molecule has 0 radical (unpaired) electrons. The molecule has 0 N–H and O–H groups in total. The van der Waals surface area contributed by atoms with Crippen molar-refractivity contribution < 1.29 is 17.2 Å². The van der Waals surface area contributed by atoms with E-state index in [-0.39, 0.29) is 11.4 Å². The van der Waals surface area contributed by atoms with Crippen LogP contribution < -0.4 is 0 Å². The first kappa shape index (κ1) is 16.0. The number of para-hydroxylation sites is 1. The SMILES string of the molecule is CN(Cc1nc2ccccc2s1)S(=O)(=O)c1ccc(F)c(F)c1. The summed E-state index contributed by atoms with van der Waals surface area (Å²) in [6.07, 6.45) is 0. The van der Waals surface area contributed by atoms with Gasteiger partial charge in [-0.05, 0) is 30.3 Å². The van der Waals surface area contributed by atoms with Gasteiger partial charge in [0.2, 0.25) is 10.0 Å². The molecule has 2 aromatic carbocycles. The molecule has 0 spiro atoms. The van der Waals surface area contributed by atoms with E-state index in [0.717, 1.165) is 26.7 Å². The van der Waals surface area contributed by atoms with Crippen LogP contribution >= 0.6 is 11.3 Å². The average molecular weight is 354 g/mol. The summed E-state index contributed by atoms with van der Waals surface area (Å²) in [5, 5.41) is 0.625. The molecule has 1 heterocycles. The van der Waals surface area contributed by atoms with Gasteiger partial charge in [-0.2, -0.15) is 4.31 Å². The number of fused-ring (bicyclic) bond motifs is 1. The fourth-order valence-corrected chi connectivity index (χ4v) is 4.33. The second kappa shape index (κ2) is 5.95. The van der Waals surface area contributed by atoms with Crippen LogP contribution in [0.2, 0.25) is 0 Å². The van der Waals surface area contributed by atoms with Gasteiger partial charge in [0, 0.05) is 7.05 Å². The van der Waals surface area contributed by atoms with Crippen LogP contribution in [0.4, 0.5) is 8.78 Å². The van der Waals surface area contributed by atoms with Gasteiger partial charge < -0.3 is 0 Å². The van der Waals surface area contributed by atoms with Crippen LogP contribution in [0.15, 0.2) is 47.4 Å². The predicted octanol–water partition coefficient (Wildman–Crippen LogP) is 3.40. The first-order valence-corrected chi connectivity index (χ1v) is 8.89.